The molecule has 1 amide bonds. The molecule has 0 saturated carbocycles. The maximum Gasteiger partial charge on any atom is 0.414 e. The van der Waals surface area contributed by atoms with Crippen LogP contribution in [0.5, 0.6) is 0 Å². The minimum absolute atomic E-state index is 0.326. The number of nitrogens with zero attached hydrogens (tertiary/aromatic N) is 5. The second-order valence-electron chi connectivity index (χ2n) is 6.57. The van der Waals surface area contributed by atoms with Gasteiger partial charge in [-0.15, -0.1) is 5.10 Å². The van der Waals surface area contributed by atoms with Crippen molar-refractivity contribution in [3.05, 3.63) is 35.9 Å². The van der Waals surface area contributed by atoms with E-state index in [2.05, 4.69) is 15.6 Å². The number of aromatic nitrogens is 3. The summed E-state index contributed by atoms with van der Waals surface area (Å²) in [4.78, 5) is 15.7. The fraction of sp³-hybridized carbons (Fsp3) is 0.471. The molecule has 3 heterocycles. The van der Waals surface area contributed by atoms with Crippen molar-refractivity contribution in [2.75, 3.05) is 42.5 Å². The number of carbonyl (C=O) groups is 1. The van der Waals surface area contributed by atoms with Crippen LogP contribution in [0.25, 0.3) is 0 Å². The maximum atomic E-state index is 14.6. The first-order chi connectivity index (χ1) is 12.6. The van der Waals surface area contributed by atoms with Gasteiger partial charge in [0.1, 0.15) is 11.9 Å². The molecule has 0 aliphatic carbocycles. The normalized spacial score (nSPS) is 20.5. The second-order valence-corrected chi connectivity index (χ2v) is 6.57. The van der Waals surface area contributed by atoms with Crippen LogP contribution in [0.2, 0.25) is 0 Å². The summed E-state index contributed by atoms with van der Waals surface area (Å²) in [5, 5.41) is 11.1. The van der Waals surface area contributed by atoms with Crippen LogP contribution >= 0.6 is 0 Å². The molecule has 4 rings (SSSR count). The van der Waals surface area contributed by atoms with Gasteiger partial charge in [0.05, 0.1) is 30.2 Å². The highest BCUT2D eigenvalue weighted by Crippen LogP contribution is 2.28. The van der Waals surface area contributed by atoms with Crippen LogP contribution in [0.4, 0.5) is 20.6 Å². The van der Waals surface area contributed by atoms with E-state index in [0.717, 1.165) is 31.9 Å². The van der Waals surface area contributed by atoms with Gasteiger partial charge in [-0.2, -0.15) is 0 Å². The predicted molar refractivity (Wildman–Crippen MR) is 93.9 cm³/mol. The minimum atomic E-state index is -0.471. The van der Waals surface area contributed by atoms with Crippen molar-refractivity contribution < 1.29 is 13.9 Å². The Kier molecular flexibility index (Phi) is 4.46. The van der Waals surface area contributed by atoms with Gasteiger partial charge in [0.25, 0.3) is 0 Å². The number of ether oxygens (including phenoxy) is 1. The fourth-order valence-corrected chi connectivity index (χ4v) is 3.35. The Bertz CT molecular complexity index is 804. The fourth-order valence-electron chi connectivity index (χ4n) is 3.35. The zero-order chi connectivity index (χ0) is 18.1. The van der Waals surface area contributed by atoms with Gasteiger partial charge in [0.15, 0.2) is 0 Å². The molecule has 2 saturated heterocycles. The molecule has 0 bridgehead atoms. The monoisotopic (exact) mass is 360 g/mol. The lowest BCUT2D eigenvalue weighted by molar-refractivity contribution is 0.129. The SMILES string of the molecule is Cc1cn(C[C@H]2CN(c3ccc(N4CCNCC4)c(F)c3)C(=O)O2)nn1. The molecule has 138 valence electrons. The van der Waals surface area contributed by atoms with Gasteiger partial charge >= 0.3 is 6.09 Å². The summed E-state index contributed by atoms with van der Waals surface area (Å²) in [7, 11) is 0. The summed E-state index contributed by atoms with van der Waals surface area (Å²) < 4.78 is 21.6. The average molecular weight is 360 g/mol. The smallest absolute Gasteiger partial charge is 0.414 e. The molecule has 26 heavy (non-hydrogen) atoms. The third kappa shape index (κ3) is 3.34. The number of hydrogen-bond acceptors (Lipinski definition) is 6. The van der Waals surface area contributed by atoms with E-state index < -0.39 is 6.09 Å². The second kappa shape index (κ2) is 6.91. The van der Waals surface area contributed by atoms with E-state index in [1.54, 1.807) is 23.0 Å². The number of aryl methyl sites for hydroxylation is 1. The van der Waals surface area contributed by atoms with Crippen molar-refractivity contribution >= 4 is 17.5 Å². The van der Waals surface area contributed by atoms with E-state index >= 15 is 0 Å². The standard InChI is InChI=1S/C17H21FN6O2/c1-12-9-23(21-20-12)10-14-11-24(17(25)26-14)13-2-3-16(15(18)8-13)22-6-4-19-5-7-22/h2-3,8-9,14,19H,4-7,10-11H2,1H3/t14-/m0/s1. The Labute approximate surface area is 150 Å². The summed E-state index contributed by atoms with van der Waals surface area (Å²) in [6, 6.07) is 4.90. The molecule has 2 aliphatic heterocycles. The molecule has 8 nitrogen and oxygen atoms in total. The lowest BCUT2D eigenvalue weighted by Gasteiger charge is -2.30. The summed E-state index contributed by atoms with van der Waals surface area (Å²) in [5.74, 6) is -0.326. The molecular weight excluding hydrogens is 339 g/mol. The number of rotatable bonds is 4. The molecule has 1 N–H and O–H groups in total. The highest BCUT2D eigenvalue weighted by molar-refractivity contribution is 5.90. The Balaban J connectivity index is 1.46. The Hall–Kier alpha value is -2.68. The van der Waals surface area contributed by atoms with Crippen LogP contribution in [0, 0.1) is 12.7 Å². The van der Waals surface area contributed by atoms with Crippen LogP contribution in [-0.4, -0.2) is 59.9 Å². The summed E-state index contributed by atoms with van der Waals surface area (Å²) in [5.41, 5.74) is 1.87. The van der Waals surface area contributed by atoms with E-state index in [9.17, 15) is 9.18 Å². The van der Waals surface area contributed by atoms with E-state index in [1.165, 1.54) is 11.0 Å². The van der Waals surface area contributed by atoms with Crippen molar-refractivity contribution in [2.24, 2.45) is 0 Å². The van der Waals surface area contributed by atoms with Gasteiger partial charge < -0.3 is 15.0 Å². The lowest BCUT2D eigenvalue weighted by atomic mass is 10.2. The van der Waals surface area contributed by atoms with Gasteiger partial charge in [-0.3, -0.25) is 4.90 Å². The molecule has 2 aliphatic rings. The first-order valence-corrected chi connectivity index (χ1v) is 8.70. The van der Waals surface area contributed by atoms with Crippen molar-refractivity contribution in [1.82, 2.24) is 20.3 Å². The van der Waals surface area contributed by atoms with E-state index in [1.807, 2.05) is 11.8 Å². The Morgan fingerprint density at radius 2 is 2.15 bits per heavy atom. The van der Waals surface area contributed by atoms with E-state index in [0.29, 0.717) is 24.5 Å². The predicted octanol–water partition coefficient (Wildman–Crippen LogP) is 1.16. The zero-order valence-corrected chi connectivity index (χ0v) is 14.6. The van der Waals surface area contributed by atoms with Gasteiger partial charge in [-0.1, -0.05) is 5.21 Å². The Morgan fingerprint density at radius 3 is 2.85 bits per heavy atom. The van der Waals surface area contributed by atoms with Gasteiger partial charge in [0, 0.05) is 32.4 Å². The number of halogens is 1. The van der Waals surface area contributed by atoms with Crippen molar-refractivity contribution in [1.29, 1.82) is 0 Å². The number of cyclic esters (lactones) is 1. The first kappa shape index (κ1) is 16.8. The number of carbonyl (C=O) groups excluding carboxylic acids is 1. The van der Waals surface area contributed by atoms with E-state index in [-0.39, 0.29) is 11.9 Å². The number of amides is 1. The molecule has 1 atom stereocenters. The average Bonchev–Trinajstić information content (AvgIpc) is 3.21. The molecule has 2 fully saturated rings. The van der Waals surface area contributed by atoms with Crippen molar-refractivity contribution in [3.8, 4) is 0 Å². The lowest BCUT2D eigenvalue weighted by Crippen LogP contribution is -2.43. The van der Waals surface area contributed by atoms with Crippen LogP contribution in [0.3, 0.4) is 0 Å². The maximum absolute atomic E-state index is 14.6. The number of hydrogen-bond donors (Lipinski definition) is 1. The molecule has 9 heteroatoms. The van der Waals surface area contributed by atoms with Crippen LogP contribution in [0.15, 0.2) is 24.4 Å². The summed E-state index contributed by atoms with van der Waals surface area (Å²) in [6.45, 7) is 5.82. The van der Waals surface area contributed by atoms with Gasteiger partial charge in [-0.05, 0) is 25.1 Å². The van der Waals surface area contributed by atoms with Crippen molar-refractivity contribution in [2.45, 2.75) is 19.6 Å². The first-order valence-electron chi connectivity index (χ1n) is 8.70. The topological polar surface area (TPSA) is 75.5 Å². The molecule has 1 aromatic carbocycles. The zero-order valence-electron chi connectivity index (χ0n) is 14.6. The molecule has 0 spiro atoms. The molecule has 0 unspecified atom stereocenters. The minimum Gasteiger partial charge on any atom is -0.442 e. The molecule has 0 radical (unpaired) electrons. The molecule has 1 aromatic heterocycles. The third-order valence-corrected chi connectivity index (χ3v) is 4.62. The number of benzene rings is 1. The quantitative estimate of drug-likeness (QED) is 0.882. The number of nitrogens with one attached hydrogen (secondary N) is 1. The van der Waals surface area contributed by atoms with E-state index in [4.69, 9.17) is 4.74 Å². The summed E-state index contributed by atoms with van der Waals surface area (Å²) >= 11 is 0. The van der Waals surface area contributed by atoms with Crippen LogP contribution in [-0.2, 0) is 11.3 Å². The highest BCUT2D eigenvalue weighted by atomic mass is 19.1. The highest BCUT2D eigenvalue weighted by Gasteiger charge is 2.33. The third-order valence-electron chi connectivity index (χ3n) is 4.62. The van der Waals surface area contributed by atoms with Gasteiger partial charge in [0.2, 0.25) is 0 Å². The van der Waals surface area contributed by atoms with Crippen LogP contribution < -0.4 is 15.1 Å². The number of anilines is 2. The van der Waals surface area contributed by atoms with Crippen LogP contribution in [0.1, 0.15) is 5.69 Å². The number of piperazine rings is 1. The summed E-state index contributed by atoms with van der Waals surface area (Å²) in [6.07, 6.45) is 0.971. The molecule has 2 aromatic rings. The van der Waals surface area contributed by atoms with Gasteiger partial charge in [-0.25, -0.2) is 13.9 Å². The van der Waals surface area contributed by atoms with Crippen molar-refractivity contribution in [3.63, 3.8) is 0 Å². The molecular formula is C17H21FN6O2. The largest absolute Gasteiger partial charge is 0.442 e. The Morgan fingerprint density at radius 1 is 1.35 bits per heavy atom.